The van der Waals surface area contributed by atoms with Crippen LogP contribution in [0.25, 0.3) is 0 Å². The molecule has 0 aliphatic heterocycles. The van der Waals surface area contributed by atoms with Gasteiger partial charge in [-0.25, -0.2) is 0 Å². The van der Waals surface area contributed by atoms with E-state index in [9.17, 15) is 0 Å². The third-order valence-corrected chi connectivity index (χ3v) is 154. The van der Waals surface area contributed by atoms with Gasteiger partial charge in [0.1, 0.15) is 65.9 Å². The van der Waals surface area contributed by atoms with Crippen LogP contribution < -0.4 is 0 Å². The fraction of sp³-hybridized carbons (Fsp3) is 0.844. The summed E-state index contributed by atoms with van der Waals surface area (Å²) < 4.78 is 47.5. The van der Waals surface area contributed by atoms with E-state index in [1.165, 1.54) is 239 Å². The van der Waals surface area contributed by atoms with Crippen molar-refractivity contribution in [3.05, 3.63) is 127 Å². The molecule has 886 valence electrons. The first kappa shape index (κ1) is 163. The number of hydrogen-bond donors (Lipinski definition) is 0. The van der Waals surface area contributed by atoms with E-state index >= 15 is 0 Å². The zero-order valence-corrected chi connectivity index (χ0v) is 137. The van der Waals surface area contributed by atoms with Gasteiger partial charge in [-0.2, -0.15) is 0 Å². The summed E-state index contributed by atoms with van der Waals surface area (Å²) in [7, 11) is -14.5. The third kappa shape index (κ3) is 77.2. The van der Waals surface area contributed by atoms with Crippen LogP contribution in [0.3, 0.4) is 0 Å². The second-order valence-electron chi connectivity index (χ2n) is 57.9. The van der Waals surface area contributed by atoms with Crippen LogP contribution >= 0.6 is 0 Å². The Hall–Kier alpha value is 3.58. The summed E-state index contributed by atoms with van der Waals surface area (Å²) in [4.78, 5) is 0. The topological polar surface area (TPSA) is 16.2 Å². The maximum atomic E-state index is 4.16. The van der Waals surface area contributed by atoms with Crippen LogP contribution in [0.15, 0.2) is 127 Å². The summed E-state index contributed by atoms with van der Waals surface area (Å²) in [6.45, 7) is 150. The van der Waals surface area contributed by atoms with Crippen LogP contribution in [0.1, 0.15) is 302 Å². The van der Waals surface area contributed by atoms with Crippen molar-refractivity contribution in [2.75, 3.05) is 26.2 Å². The molecule has 0 aromatic heterocycles. The van der Waals surface area contributed by atoms with Gasteiger partial charge >= 0.3 is 663 Å². The Labute approximate surface area is 979 Å². The molecule has 21 heteroatoms. The molecule has 0 heterocycles. The molecule has 0 aliphatic carbocycles. The molecule has 0 aliphatic rings. The standard InChI is InChI=1S/C20H48N2Si4.C18H46N2Si4.C12H21Si.C9H20NSi.C8H17Si.13C4H9.C3H6.2C3H5.5Sn/c1-15-17-19(21(23(3,4)5)24(6,7)8)20(18-16-2)22(25(9,10)11)26(12,13)14;1-14-15-18(16-19(21(2,3)4)22(5,6)7)17-20(23(8,9)10)24(11,12)13;1-5-9-13(10-6-2,11-7-3)12-8-4;1-6-8-10(9-7-2)11(3,4)5;1-5-7-9(3,4)8-6-2;13*1-3-4-2;3*1-3-2;;;;;/h15-16,19-20H,1-2,17-18H2,3-14H3;14,18H,1,15-17H2,2-13H3;5-7H,1-4,8-12H2;6H,1-2,7-9H2,3-5H3;5H,1-2,6-8H2,3-4H3;13*1,3-4H2,2H3;1-3H2;2*3H,1-2H2;;;;;. The Balaban J connectivity index is -0.000000412. The van der Waals surface area contributed by atoms with Crippen molar-refractivity contribution in [3.63, 3.8) is 0 Å². The molecule has 0 spiro atoms. The van der Waals surface area contributed by atoms with E-state index in [4.69, 9.17) is 0 Å². The number of hydrogen-bond acceptors (Lipinski definition) is 5. The molecule has 0 N–H and O–H groups in total. The predicted molar refractivity (Wildman–Crippen MR) is 755 cm³/mol. The van der Waals surface area contributed by atoms with E-state index in [-0.39, 0.29) is 0 Å². The molecule has 2 atom stereocenters. The van der Waals surface area contributed by atoms with Gasteiger partial charge in [0, 0.05) is 12.1 Å². The van der Waals surface area contributed by atoms with Crippen LogP contribution in [-0.2, 0) is 0 Å². The Bertz CT molecular complexity index is 3030. The molecule has 0 saturated carbocycles. The van der Waals surface area contributed by atoms with Gasteiger partial charge in [-0.05, 0) is 38.3 Å². The van der Waals surface area contributed by atoms with Crippen LogP contribution in [0.5, 0.6) is 0 Å². The molecule has 0 radical (unpaired) electrons. The van der Waals surface area contributed by atoms with Gasteiger partial charge in [0.25, 0.3) is 0 Å². The van der Waals surface area contributed by atoms with E-state index in [0.717, 1.165) is 31.7 Å². The Kier molecular flexibility index (Phi) is 97.4. The molecule has 0 amide bonds. The zero-order valence-electron chi connectivity index (χ0n) is 111. The van der Waals surface area contributed by atoms with Crippen LogP contribution in [0.2, 0.25) is 315 Å². The van der Waals surface area contributed by atoms with Crippen molar-refractivity contribution in [2.45, 2.75) is 629 Å². The molecule has 0 saturated heterocycles. The van der Waals surface area contributed by atoms with Crippen molar-refractivity contribution in [1.29, 1.82) is 0 Å². The molecule has 0 aromatic rings. The normalized spacial score (nSPS) is 13.6. The Morgan fingerprint density at radius 2 is 0.423 bits per heavy atom. The summed E-state index contributed by atoms with van der Waals surface area (Å²) in [5.74, 6) is 0.722. The summed E-state index contributed by atoms with van der Waals surface area (Å²) in [5.41, 5.74) is 0. The number of rotatable bonds is 91. The van der Waals surface area contributed by atoms with E-state index in [1.807, 2.05) is 0 Å². The second-order valence-corrected chi connectivity index (χ2v) is 184. The molecule has 149 heavy (non-hydrogen) atoms. The molecule has 0 aromatic carbocycles. The fourth-order valence-electron chi connectivity index (χ4n) is 26.8. The van der Waals surface area contributed by atoms with Gasteiger partial charge in [-0.1, -0.05) is 175 Å². The number of unbranched alkanes of at least 4 members (excludes halogenated alkanes) is 13. The number of nitrogens with zero attached hydrogens (tertiary/aromatic N) is 5. The maximum absolute atomic E-state index is 4.16. The van der Waals surface area contributed by atoms with E-state index in [2.05, 4.69) is 428 Å². The van der Waals surface area contributed by atoms with Crippen LogP contribution in [0.4, 0.5) is 0 Å². The quantitative estimate of drug-likeness (QED) is 0.0444. The molecule has 0 rings (SSSR count). The second kappa shape index (κ2) is 88.9. The Morgan fingerprint density at radius 1 is 0.208 bits per heavy atom. The van der Waals surface area contributed by atoms with Crippen molar-refractivity contribution >= 4 is 182 Å². The average molecular weight is 2800 g/mol. The minimum absolute atomic E-state index is 0.558. The summed E-state index contributed by atoms with van der Waals surface area (Å²) in [6, 6.07) is 9.17. The first-order chi connectivity index (χ1) is 69.2. The SMILES string of the molecule is C=CCC(C(CC=C)N([Si](C)(C)C)[Si](C)(C)C)N([Si](C)(C)C)[Si](C)(C)C.C=CCC(CN([Si](C)(C)C)[Si](C)(C)C)CN([Si](C)(C)C)[Si](C)(C)C.C=CCN(CC[CH2][Sn]([CH2]CCC)([CH2]CCC)[CH2]CCC)[Si](C)(C)C.C=CC[Si](C)(C)CC[CH2][Sn]([CH2]CCC)([CH2]CCC)[CH2]CCC.C=CC[Si](CC=C)(CC=C)CC[CH2][Sn]([CH2]CCC)([CH2]CCC)[CH2]CCC.C=C[CH2][Sn]([CH2]C=C)([CH2]CCC)[CH2]C[CH2][Sn]([CH2]CCC)([CH2]CCC)[CH2]CCC. The van der Waals surface area contributed by atoms with Gasteiger partial charge in [0.2, 0.25) is 0 Å². The van der Waals surface area contributed by atoms with Crippen molar-refractivity contribution in [1.82, 2.24) is 21.5 Å². The van der Waals surface area contributed by atoms with Gasteiger partial charge in [0.15, 0.2) is 0 Å². The monoisotopic (exact) mass is 2800 g/mol. The predicted octanol–water partition coefficient (Wildman–Crippen LogP) is 47.7. The van der Waals surface area contributed by atoms with Crippen molar-refractivity contribution in [3.8, 4) is 0 Å². The first-order valence-corrected chi connectivity index (χ1v) is 142. The fourth-order valence-corrected chi connectivity index (χ4v) is 158. The zero-order chi connectivity index (χ0) is 116. The van der Waals surface area contributed by atoms with Gasteiger partial charge < -0.3 is 16.9 Å². The third-order valence-electron chi connectivity index (χ3n) is 33.6. The molecular formula is C128H285N5Si11Sn5. The molecule has 2 unspecified atom stereocenters. The average Bonchev–Trinajstić information content (AvgIpc) is 0.751. The Morgan fingerprint density at radius 3 is 0.624 bits per heavy atom. The van der Waals surface area contributed by atoms with Crippen LogP contribution in [0, 0.1) is 5.92 Å². The summed E-state index contributed by atoms with van der Waals surface area (Å²) in [5, 5.41) is 0. The van der Waals surface area contributed by atoms with Crippen LogP contribution in [-0.4, -0.2) is 242 Å². The molecular weight excluding hydrogens is 2510 g/mol. The van der Waals surface area contributed by atoms with E-state index in [1.54, 1.807) is 98.7 Å². The van der Waals surface area contributed by atoms with E-state index in [0.29, 0.717) is 12.1 Å². The van der Waals surface area contributed by atoms with Gasteiger partial charge in [-0.3, -0.25) is 0 Å². The summed E-state index contributed by atoms with van der Waals surface area (Å²) >= 11 is -9.67. The molecule has 0 fully saturated rings. The van der Waals surface area contributed by atoms with Crippen molar-refractivity contribution in [2.24, 2.45) is 5.92 Å². The number of allylic oxidation sites excluding steroid dienone is 7. The minimum atomic E-state index is -2.07. The molecule has 0 bridgehead atoms. The first-order valence-electron chi connectivity index (χ1n) is 64.2. The van der Waals surface area contributed by atoms with Crippen molar-refractivity contribution < 1.29 is 0 Å². The molecule has 5 nitrogen and oxygen atoms in total. The van der Waals surface area contributed by atoms with E-state index < -0.39 is 182 Å². The summed E-state index contributed by atoms with van der Waals surface area (Å²) in [6.07, 6.45) is 69.1. The van der Waals surface area contributed by atoms with Gasteiger partial charge in [0.05, 0.1) is 0 Å². The van der Waals surface area contributed by atoms with Gasteiger partial charge in [-0.15, -0.1) is 19.7 Å².